The van der Waals surface area contributed by atoms with Gasteiger partial charge in [0.05, 0.1) is 17.5 Å². The molecule has 0 radical (unpaired) electrons. The Labute approximate surface area is 186 Å². The van der Waals surface area contributed by atoms with Crippen molar-refractivity contribution in [3.63, 3.8) is 0 Å². The van der Waals surface area contributed by atoms with Crippen LogP contribution in [0.4, 0.5) is 5.82 Å². The molecule has 8 heteroatoms. The Balaban J connectivity index is 1.47. The molecule has 2 aliphatic heterocycles. The average Bonchev–Trinajstić information content (AvgIpc) is 3.52. The Kier molecular flexibility index (Phi) is 5.80. The number of aliphatic hydroxyl groups is 1. The fourth-order valence-electron chi connectivity index (χ4n) is 4.57. The van der Waals surface area contributed by atoms with Crippen molar-refractivity contribution >= 4 is 16.7 Å². The molecule has 2 N–H and O–H groups in total. The van der Waals surface area contributed by atoms with Crippen molar-refractivity contribution in [3.05, 3.63) is 47.0 Å². The first kappa shape index (κ1) is 20.9. The molecule has 1 aromatic carbocycles. The summed E-state index contributed by atoms with van der Waals surface area (Å²) in [7, 11) is 1.70. The number of ether oxygens (including phenoxy) is 1. The van der Waals surface area contributed by atoms with Crippen LogP contribution in [0.15, 0.2) is 41.5 Å². The monoisotopic (exact) mass is 435 g/mol. The van der Waals surface area contributed by atoms with Gasteiger partial charge >= 0.3 is 0 Å². The molecule has 2 unspecified atom stereocenters. The SMILES string of the molecule is Cn1cnc2cc(-c3ccc(OCC4CCCN4)cc3)nc(N3CCC(CO)C3)c2c1=O. The number of aromatic nitrogens is 3. The highest BCUT2D eigenvalue weighted by molar-refractivity contribution is 5.91. The summed E-state index contributed by atoms with van der Waals surface area (Å²) in [6, 6.07) is 10.2. The van der Waals surface area contributed by atoms with E-state index in [1.165, 1.54) is 11.0 Å². The summed E-state index contributed by atoms with van der Waals surface area (Å²) in [5, 5.41) is 13.5. The third-order valence-corrected chi connectivity index (χ3v) is 6.49. The first-order valence-electron chi connectivity index (χ1n) is 11.3. The topological polar surface area (TPSA) is 92.5 Å². The van der Waals surface area contributed by atoms with Crippen LogP contribution < -0.4 is 20.5 Å². The molecule has 2 saturated heterocycles. The van der Waals surface area contributed by atoms with Crippen LogP contribution in [0.3, 0.4) is 0 Å². The molecule has 0 amide bonds. The zero-order valence-electron chi connectivity index (χ0n) is 18.3. The third-order valence-electron chi connectivity index (χ3n) is 6.49. The highest BCUT2D eigenvalue weighted by Crippen LogP contribution is 2.31. The van der Waals surface area contributed by atoms with Crippen molar-refractivity contribution in [2.75, 3.05) is 37.7 Å². The van der Waals surface area contributed by atoms with Gasteiger partial charge in [-0.3, -0.25) is 4.79 Å². The maximum Gasteiger partial charge on any atom is 0.264 e. The second-order valence-corrected chi connectivity index (χ2v) is 8.80. The molecule has 2 aromatic heterocycles. The van der Waals surface area contributed by atoms with Crippen LogP contribution in [-0.2, 0) is 7.05 Å². The van der Waals surface area contributed by atoms with Gasteiger partial charge in [-0.2, -0.15) is 0 Å². The van der Waals surface area contributed by atoms with E-state index in [1.807, 2.05) is 30.3 Å². The largest absolute Gasteiger partial charge is 0.492 e. The maximum atomic E-state index is 12.9. The number of hydrogen-bond donors (Lipinski definition) is 2. The van der Waals surface area contributed by atoms with E-state index in [4.69, 9.17) is 9.72 Å². The Morgan fingerprint density at radius 3 is 2.81 bits per heavy atom. The Morgan fingerprint density at radius 2 is 2.09 bits per heavy atom. The van der Waals surface area contributed by atoms with Crippen molar-refractivity contribution in [3.8, 4) is 17.0 Å². The van der Waals surface area contributed by atoms with Gasteiger partial charge in [0.1, 0.15) is 23.6 Å². The highest BCUT2D eigenvalue weighted by Gasteiger charge is 2.26. The number of pyridine rings is 1. The van der Waals surface area contributed by atoms with Crippen molar-refractivity contribution in [2.45, 2.75) is 25.3 Å². The van der Waals surface area contributed by atoms with Gasteiger partial charge < -0.3 is 24.6 Å². The molecule has 2 aliphatic rings. The predicted molar refractivity (Wildman–Crippen MR) is 124 cm³/mol. The minimum Gasteiger partial charge on any atom is -0.492 e. The van der Waals surface area contributed by atoms with E-state index in [9.17, 15) is 9.90 Å². The Hall–Kier alpha value is -2.97. The van der Waals surface area contributed by atoms with E-state index in [0.29, 0.717) is 35.9 Å². The summed E-state index contributed by atoms with van der Waals surface area (Å²) in [5.74, 6) is 1.68. The van der Waals surface area contributed by atoms with Gasteiger partial charge in [0.15, 0.2) is 0 Å². The van der Waals surface area contributed by atoms with Gasteiger partial charge in [0.2, 0.25) is 0 Å². The number of aryl methyl sites for hydroxylation is 1. The molecule has 5 rings (SSSR count). The molecule has 0 aliphatic carbocycles. The second kappa shape index (κ2) is 8.88. The van der Waals surface area contributed by atoms with E-state index in [1.54, 1.807) is 13.4 Å². The molecular formula is C24H29N5O3. The fourth-order valence-corrected chi connectivity index (χ4v) is 4.57. The van der Waals surface area contributed by atoms with Gasteiger partial charge in [0, 0.05) is 44.3 Å². The van der Waals surface area contributed by atoms with Crippen LogP contribution >= 0.6 is 0 Å². The molecule has 3 aromatic rings. The first-order chi connectivity index (χ1) is 15.6. The predicted octanol–water partition coefficient (Wildman–Crippen LogP) is 1.94. The van der Waals surface area contributed by atoms with Crippen LogP contribution in [0.5, 0.6) is 5.75 Å². The standard InChI is InChI=1S/C24H29N5O3/c1-28-15-26-21-11-20(17-4-6-19(7-5-17)32-14-18-3-2-9-25-18)27-23(22(21)24(28)31)29-10-8-16(12-29)13-30/h4-7,11,15-16,18,25,30H,2-3,8-10,12-14H2,1H3. The molecule has 8 nitrogen and oxygen atoms in total. The molecule has 4 heterocycles. The van der Waals surface area contributed by atoms with Crippen LogP contribution in [0.1, 0.15) is 19.3 Å². The Bertz CT molecular complexity index is 1150. The third kappa shape index (κ3) is 4.08. The lowest BCUT2D eigenvalue weighted by Gasteiger charge is -2.20. The lowest BCUT2D eigenvalue weighted by atomic mass is 10.1. The summed E-state index contributed by atoms with van der Waals surface area (Å²) in [6.07, 6.45) is 4.79. The van der Waals surface area contributed by atoms with Gasteiger partial charge in [-0.1, -0.05) is 0 Å². The summed E-state index contributed by atoms with van der Waals surface area (Å²) >= 11 is 0. The van der Waals surface area contributed by atoms with E-state index in [0.717, 1.165) is 42.9 Å². The number of anilines is 1. The van der Waals surface area contributed by atoms with Crippen LogP contribution in [0.25, 0.3) is 22.2 Å². The molecule has 32 heavy (non-hydrogen) atoms. The lowest BCUT2D eigenvalue weighted by molar-refractivity contribution is 0.238. The quantitative estimate of drug-likeness (QED) is 0.611. The van der Waals surface area contributed by atoms with Crippen molar-refractivity contribution in [1.29, 1.82) is 0 Å². The molecule has 0 saturated carbocycles. The van der Waals surface area contributed by atoms with Gasteiger partial charge in [-0.25, -0.2) is 9.97 Å². The zero-order chi connectivity index (χ0) is 22.1. The van der Waals surface area contributed by atoms with Gasteiger partial charge in [-0.05, 0) is 56.1 Å². The van der Waals surface area contributed by atoms with Crippen molar-refractivity contribution in [1.82, 2.24) is 19.9 Å². The summed E-state index contributed by atoms with van der Waals surface area (Å²) in [5.41, 5.74) is 2.23. The number of fused-ring (bicyclic) bond motifs is 1. The fraction of sp³-hybridized carbons (Fsp3) is 0.458. The zero-order valence-corrected chi connectivity index (χ0v) is 18.3. The molecule has 0 spiro atoms. The van der Waals surface area contributed by atoms with Gasteiger partial charge in [0.25, 0.3) is 5.56 Å². The van der Waals surface area contributed by atoms with E-state index in [-0.39, 0.29) is 18.1 Å². The van der Waals surface area contributed by atoms with Crippen LogP contribution in [0, 0.1) is 5.92 Å². The normalized spacial score (nSPS) is 20.9. The average molecular weight is 436 g/mol. The Morgan fingerprint density at radius 1 is 1.25 bits per heavy atom. The van der Waals surface area contributed by atoms with Crippen LogP contribution in [-0.4, -0.2) is 58.5 Å². The van der Waals surface area contributed by atoms with Crippen molar-refractivity contribution in [2.24, 2.45) is 13.0 Å². The van der Waals surface area contributed by atoms with Crippen molar-refractivity contribution < 1.29 is 9.84 Å². The molecular weight excluding hydrogens is 406 g/mol. The molecule has 168 valence electrons. The molecule has 0 bridgehead atoms. The van der Waals surface area contributed by atoms with E-state index < -0.39 is 0 Å². The number of aliphatic hydroxyl groups excluding tert-OH is 1. The lowest BCUT2D eigenvalue weighted by Crippen LogP contribution is -2.28. The minimum atomic E-state index is -0.110. The maximum absolute atomic E-state index is 12.9. The number of rotatable bonds is 6. The van der Waals surface area contributed by atoms with E-state index in [2.05, 4.69) is 15.2 Å². The first-order valence-corrected chi connectivity index (χ1v) is 11.3. The summed E-state index contributed by atoms with van der Waals surface area (Å²) in [6.45, 7) is 3.32. The number of benzene rings is 1. The number of nitrogens with one attached hydrogen (secondary N) is 1. The van der Waals surface area contributed by atoms with Gasteiger partial charge in [-0.15, -0.1) is 0 Å². The summed E-state index contributed by atoms with van der Waals surface area (Å²) in [4.78, 5) is 24.4. The molecule has 2 fully saturated rings. The molecule has 2 atom stereocenters. The summed E-state index contributed by atoms with van der Waals surface area (Å²) < 4.78 is 7.42. The second-order valence-electron chi connectivity index (χ2n) is 8.80. The smallest absolute Gasteiger partial charge is 0.264 e. The number of hydrogen-bond acceptors (Lipinski definition) is 7. The minimum absolute atomic E-state index is 0.110. The number of nitrogens with zero attached hydrogens (tertiary/aromatic N) is 4. The highest BCUT2D eigenvalue weighted by atomic mass is 16.5. The van der Waals surface area contributed by atoms with Crippen LogP contribution in [0.2, 0.25) is 0 Å². The van der Waals surface area contributed by atoms with E-state index >= 15 is 0 Å².